The summed E-state index contributed by atoms with van der Waals surface area (Å²) in [7, 11) is 0. The molecule has 0 unspecified atom stereocenters. The molecule has 4 rings (SSSR count). The van der Waals surface area contributed by atoms with Gasteiger partial charge >= 0.3 is 11.3 Å². The highest BCUT2D eigenvalue weighted by molar-refractivity contribution is 5.88. The first-order chi connectivity index (χ1) is 14.2. The van der Waals surface area contributed by atoms with E-state index >= 15 is 0 Å². The number of halogens is 1. The Hall–Kier alpha value is -3.02. The van der Waals surface area contributed by atoms with Crippen LogP contribution >= 0.6 is 0 Å². The van der Waals surface area contributed by atoms with Crippen LogP contribution in [0.1, 0.15) is 0 Å². The molecule has 2 heterocycles. The summed E-state index contributed by atoms with van der Waals surface area (Å²) >= 11 is 0. The maximum Gasteiger partial charge on any atom is 0.402 e. The van der Waals surface area contributed by atoms with Crippen LogP contribution in [0.2, 0.25) is 0 Å². The second kappa shape index (κ2) is 8.61. The van der Waals surface area contributed by atoms with Gasteiger partial charge < -0.3 is 57.6 Å². The first-order valence-electron chi connectivity index (χ1n) is 8.92. The van der Waals surface area contributed by atoms with Crippen LogP contribution < -0.4 is 17.1 Å². The number of hydrogen-bond acceptors (Lipinski definition) is 9. The summed E-state index contributed by atoms with van der Waals surface area (Å²) in [5, 5.41) is 69.1. The number of phenolic OH excluding ortho intramolecular Hbond substituents is 4. The van der Waals surface area contributed by atoms with E-state index in [4.69, 9.17) is 13.9 Å². The third-order valence-electron chi connectivity index (χ3n) is 4.75. The van der Waals surface area contributed by atoms with Crippen molar-refractivity contribution in [2.45, 2.75) is 24.6 Å². The molecule has 7 N–H and O–H groups in total. The molecule has 10 nitrogen and oxygen atoms in total. The highest BCUT2D eigenvalue weighted by atomic mass is 35.5. The highest BCUT2D eigenvalue weighted by Crippen LogP contribution is 2.41. The third kappa shape index (κ3) is 4.24. The Morgan fingerprint density at radius 3 is 2.32 bits per heavy atom. The summed E-state index contributed by atoms with van der Waals surface area (Å²) in [5.41, 5.74) is 0.346. The minimum Gasteiger partial charge on any atom is -1.00 e. The number of benzene rings is 2. The van der Waals surface area contributed by atoms with E-state index in [0.717, 1.165) is 6.07 Å². The monoisotopic (exact) mass is 454 g/mol. The highest BCUT2D eigenvalue weighted by Gasteiger charge is 2.40. The van der Waals surface area contributed by atoms with Crippen LogP contribution in [0, 0.1) is 0 Å². The lowest BCUT2D eigenvalue weighted by Gasteiger charge is -2.34. The van der Waals surface area contributed by atoms with Crippen LogP contribution in [0.3, 0.4) is 0 Å². The second-order valence-electron chi connectivity index (χ2n) is 6.89. The Bertz CT molecular complexity index is 1110. The number of aliphatic hydroxyl groups excluding tert-OH is 3. The van der Waals surface area contributed by atoms with E-state index in [1.165, 1.54) is 30.3 Å². The lowest BCUT2D eigenvalue weighted by atomic mass is 10.1. The predicted octanol–water partition coefficient (Wildman–Crippen LogP) is -1.97. The standard InChI is InChI=1S/C20H18O10.ClH/c21-9-4-12(23)10-6-16(30-20-18(27)17(26)14(25)7-28-20)19(29-15(10)5-9)8-1-2-11(22)13(24)3-8;/h1-6,14,17-18,20,25-27H,7H2,(H3-,21,22,23,24);1H/t14-,17-,18+,20+;/m0./s1. The molecule has 0 radical (unpaired) electrons. The van der Waals surface area contributed by atoms with Gasteiger partial charge in [0.1, 0.15) is 35.2 Å². The Labute approximate surface area is 181 Å². The molecule has 3 aromatic rings. The zero-order valence-electron chi connectivity index (χ0n) is 15.7. The van der Waals surface area contributed by atoms with Crippen molar-refractivity contribution in [3.8, 4) is 40.1 Å². The number of fused-ring (bicyclic) bond motifs is 1. The number of aromatic hydroxyl groups is 4. The second-order valence-corrected chi connectivity index (χ2v) is 6.89. The van der Waals surface area contributed by atoms with Gasteiger partial charge in [0.25, 0.3) is 0 Å². The SMILES string of the molecule is Oc1cc(O)c2cc(O[C@H]3OC[C@H](O)[C@H](O)[C@H]3O)c(-c3ccc(O)c(O)c3)[o+]c2c1.[Cl-]. The van der Waals surface area contributed by atoms with Crippen LogP contribution in [-0.4, -0.2) is 67.0 Å². The molecular formula is C20H19ClO10. The topological polar surface area (TPSA) is 171 Å². The van der Waals surface area contributed by atoms with Crippen molar-refractivity contribution in [1.82, 2.24) is 0 Å². The van der Waals surface area contributed by atoms with Crippen LogP contribution in [0.4, 0.5) is 0 Å². The average Bonchev–Trinajstić information content (AvgIpc) is 2.70. The van der Waals surface area contributed by atoms with E-state index < -0.39 is 30.4 Å². The maximum absolute atomic E-state index is 10.2. The number of rotatable bonds is 3. The Kier molecular flexibility index (Phi) is 6.30. The van der Waals surface area contributed by atoms with Crippen LogP contribution in [-0.2, 0) is 4.74 Å². The summed E-state index contributed by atoms with van der Waals surface area (Å²) in [6, 6.07) is 7.56. The summed E-state index contributed by atoms with van der Waals surface area (Å²) in [6.07, 6.45) is -5.76. The molecule has 2 aromatic carbocycles. The van der Waals surface area contributed by atoms with Crippen molar-refractivity contribution in [2.75, 3.05) is 6.61 Å². The largest absolute Gasteiger partial charge is 1.00 e. The summed E-state index contributed by atoms with van der Waals surface area (Å²) in [6.45, 7) is -0.290. The molecule has 0 saturated carbocycles. The Morgan fingerprint density at radius 1 is 0.871 bits per heavy atom. The van der Waals surface area contributed by atoms with Gasteiger partial charge in [0.05, 0.1) is 18.2 Å². The smallest absolute Gasteiger partial charge is 0.402 e. The minimum atomic E-state index is -1.58. The Morgan fingerprint density at radius 2 is 1.61 bits per heavy atom. The molecule has 11 heteroatoms. The molecule has 1 saturated heterocycles. The van der Waals surface area contributed by atoms with Gasteiger partial charge in [-0.15, -0.1) is 0 Å². The predicted molar refractivity (Wildman–Crippen MR) is 101 cm³/mol. The molecule has 0 amide bonds. The van der Waals surface area contributed by atoms with E-state index in [0.29, 0.717) is 0 Å². The number of ether oxygens (including phenoxy) is 2. The van der Waals surface area contributed by atoms with E-state index in [-0.39, 0.29) is 64.3 Å². The molecule has 1 aliphatic heterocycles. The van der Waals surface area contributed by atoms with Crippen molar-refractivity contribution in [1.29, 1.82) is 0 Å². The first-order valence-corrected chi connectivity index (χ1v) is 8.92. The van der Waals surface area contributed by atoms with Gasteiger partial charge in [0.15, 0.2) is 11.5 Å². The maximum atomic E-state index is 10.2. The average molecular weight is 455 g/mol. The van der Waals surface area contributed by atoms with Gasteiger partial charge in [0, 0.05) is 18.2 Å². The first kappa shape index (κ1) is 22.7. The van der Waals surface area contributed by atoms with Crippen molar-refractivity contribution in [2.24, 2.45) is 0 Å². The van der Waals surface area contributed by atoms with Gasteiger partial charge in [-0.3, -0.25) is 0 Å². The van der Waals surface area contributed by atoms with Crippen molar-refractivity contribution in [3.05, 3.63) is 36.4 Å². The van der Waals surface area contributed by atoms with E-state index in [1.807, 2.05) is 0 Å². The number of phenols is 4. The molecule has 0 aliphatic carbocycles. The molecule has 1 fully saturated rings. The zero-order valence-corrected chi connectivity index (χ0v) is 16.5. The number of aliphatic hydroxyl groups is 3. The third-order valence-corrected chi connectivity index (χ3v) is 4.75. The van der Waals surface area contributed by atoms with Crippen LogP contribution in [0.5, 0.6) is 28.7 Å². The van der Waals surface area contributed by atoms with Crippen molar-refractivity contribution >= 4 is 11.0 Å². The molecule has 0 bridgehead atoms. The van der Waals surface area contributed by atoms with Crippen molar-refractivity contribution < 1.29 is 62.0 Å². The van der Waals surface area contributed by atoms with Crippen LogP contribution in [0.25, 0.3) is 22.3 Å². The van der Waals surface area contributed by atoms with E-state index in [1.54, 1.807) is 0 Å². The fourth-order valence-electron chi connectivity index (χ4n) is 3.15. The summed E-state index contributed by atoms with van der Waals surface area (Å²) in [4.78, 5) is 0. The van der Waals surface area contributed by atoms with Gasteiger partial charge in [0.2, 0.25) is 12.0 Å². The summed E-state index contributed by atoms with van der Waals surface area (Å²) < 4.78 is 16.7. The fourth-order valence-corrected chi connectivity index (χ4v) is 3.15. The quantitative estimate of drug-likeness (QED) is 0.174. The molecule has 31 heavy (non-hydrogen) atoms. The molecule has 4 atom stereocenters. The molecule has 1 aliphatic rings. The van der Waals surface area contributed by atoms with E-state index in [2.05, 4.69) is 0 Å². The Balaban J connectivity index is 0.00000272. The van der Waals surface area contributed by atoms with Gasteiger partial charge in [-0.2, -0.15) is 0 Å². The summed E-state index contributed by atoms with van der Waals surface area (Å²) in [5.74, 6) is -1.37. The fraction of sp³-hybridized carbons (Fsp3) is 0.250. The van der Waals surface area contributed by atoms with Gasteiger partial charge in [-0.25, -0.2) is 4.42 Å². The van der Waals surface area contributed by atoms with Crippen LogP contribution in [0.15, 0.2) is 40.8 Å². The molecule has 0 spiro atoms. The lowest BCUT2D eigenvalue weighted by molar-refractivity contribution is -0.242. The van der Waals surface area contributed by atoms with E-state index in [9.17, 15) is 35.7 Å². The zero-order chi connectivity index (χ0) is 21.6. The molecule has 1 aromatic heterocycles. The lowest BCUT2D eigenvalue weighted by Crippen LogP contribution is -3.00. The van der Waals surface area contributed by atoms with Gasteiger partial charge in [-0.1, -0.05) is 0 Å². The number of hydrogen-bond donors (Lipinski definition) is 7. The molecule has 166 valence electrons. The minimum absolute atomic E-state index is 0. The molecular weight excluding hydrogens is 436 g/mol. The van der Waals surface area contributed by atoms with Gasteiger partial charge in [-0.05, 0) is 12.1 Å². The normalized spacial score (nSPS) is 23.3. The van der Waals surface area contributed by atoms with Crippen molar-refractivity contribution in [3.63, 3.8) is 0 Å².